The topological polar surface area (TPSA) is 210 Å². The first-order valence-electron chi connectivity index (χ1n) is 15.8. The van der Waals surface area contributed by atoms with E-state index in [0.717, 1.165) is 0 Å². The highest BCUT2D eigenvalue weighted by atomic mass is 16.6. The van der Waals surface area contributed by atoms with Crippen molar-refractivity contribution in [3.63, 3.8) is 0 Å². The predicted molar refractivity (Wildman–Crippen MR) is 177 cm³/mol. The summed E-state index contributed by atoms with van der Waals surface area (Å²) >= 11 is 0. The van der Waals surface area contributed by atoms with Crippen LogP contribution in [0.15, 0.2) is 24.3 Å². The summed E-state index contributed by atoms with van der Waals surface area (Å²) < 4.78 is 16.3. The number of carbonyl (C=O) groups is 6. The second-order valence-corrected chi connectivity index (χ2v) is 14.1. The van der Waals surface area contributed by atoms with Gasteiger partial charge in [0.15, 0.2) is 0 Å². The average Bonchev–Trinajstić information content (AvgIpc) is 2.91. The zero-order chi connectivity index (χ0) is 36.7. The van der Waals surface area contributed by atoms with E-state index >= 15 is 0 Å². The number of alkyl carbamates (subject to hydrolysis) is 2. The molecule has 0 fully saturated rings. The van der Waals surface area contributed by atoms with Crippen molar-refractivity contribution in [2.75, 3.05) is 19.6 Å². The number of carboxylic acid groups (broad SMARTS) is 1. The van der Waals surface area contributed by atoms with Gasteiger partial charge in [0.05, 0.1) is 6.54 Å². The number of hydrogen-bond acceptors (Lipinski definition) is 9. The molecule has 2 atom stereocenters. The normalized spacial score (nSPS) is 12.9. The molecule has 1 aromatic carbocycles. The number of aliphatic carboxylic acids is 1. The van der Waals surface area contributed by atoms with E-state index in [1.807, 2.05) is 20.8 Å². The Bertz CT molecular complexity index is 1250. The van der Waals surface area contributed by atoms with Crippen LogP contribution in [-0.2, 0) is 35.1 Å². The van der Waals surface area contributed by atoms with Crippen molar-refractivity contribution >= 4 is 35.9 Å². The van der Waals surface area contributed by atoms with E-state index in [4.69, 9.17) is 19.3 Å². The van der Waals surface area contributed by atoms with Gasteiger partial charge in [-0.2, -0.15) is 0 Å². The van der Waals surface area contributed by atoms with Crippen molar-refractivity contribution in [1.29, 1.82) is 0 Å². The molecule has 6 N–H and O–H groups in total. The Morgan fingerprint density at radius 1 is 0.667 bits per heavy atom. The Kier molecular flexibility index (Phi) is 16.1. The summed E-state index contributed by atoms with van der Waals surface area (Å²) in [6.45, 7) is 15.1. The van der Waals surface area contributed by atoms with Crippen LogP contribution in [0.25, 0.3) is 0 Å². The first-order chi connectivity index (χ1) is 22.0. The Labute approximate surface area is 282 Å². The molecule has 15 nitrogen and oxygen atoms in total. The van der Waals surface area contributed by atoms with Gasteiger partial charge in [-0.15, -0.1) is 0 Å². The zero-order valence-electron chi connectivity index (χ0n) is 29.5. The van der Waals surface area contributed by atoms with Gasteiger partial charge in [0, 0.05) is 13.0 Å². The van der Waals surface area contributed by atoms with Crippen LogP contribution in [0.1, 0.15) is 87.1 Å². The van der Waals surface area contributed by atoms with Gasteiger partial charge >= 0.3 is 18.2 Å². The number of hydrogen-bond donors (Lipinski definition) is 6. The van der Waals surface area contributed by atoms with Crippen molar-refractivity contribution in [2.24, 2.45) is 0 Å². The number of nitrogens with one attached hydrogen (secondary N) is 5. The van der Waals surface area contributed by atoms with Crippen molar-refractivity contribution in [3.05, 3.63) is 29.8 Å². The zero-order valence-corrected chi connectivity index (χ0v) is 29.5. The maximum atomic E-state index is 13.1. The Balaban J connectivity index is 2.88. The Hall–Kier alpha value is -4.56. The predicted octanol–water partition coefficient (Wildman–Crippen LogP) is 2.80. The summed E-state index contributed by atoms with van der Waals surface area (Å²) in [6.07, 6.45) is -0.319. The van der Waals surface area contributed by atoms with E-state index in [-0.39, 0.29) is 19.4 Å². The summed E-state index contributed by atoms with van der Waals surface area (Å²) in [5.41, 5.74) is -1.22. The van der Waals surface area contributed by atoms with Gasteiger partial charge in [-0.1, -0.05) is 12.1 Å². The first-order valence-corrected chi connectivity index (χ1v) is 15.8. The largest absolute Gasteiger partial charge is 0.488 e. The number of amides is 5. The van der Waals surface area contributed by atoms with Gasteiger partial charge < -0.3 is 45.9 Å². The van der Waals surface area contributed by atoms with Gasteiger partial charge in [-0.3, -0.25) is 19.2 Å². The maximum absolute atomic E-state index is 13.1. The molecule has 0 aliphatic rings. The average molecular weight is 680 g/mol. The molecule has 1 rings (SSSR count). The third-order valence-corrected chi connectivity index (χ3v) is 5.87. The molecular formula is C33H53N5O10. The van der Waals surface area contributed by atoms with Gasteiger partial charge in [-0.25, -0.2) is 9.59 Å². The SMILES string of the molecule is CC(C)(C)OC(=O)NCCCC[C@H](NC(=O)OC(C)(C)C)C(=O)NCC(=O)N[C@@H](Cc1ccc(OC(C)(C)C)cc1)C(=O)NCC(=O)O. The number of unbranched alkanes of at least 4 members (excludes halogenated alkanes) is 1. The van der Waals surface area contributed by atoms with Gasteiger partial charge in [0.25, 0.3) is 0 Å². The molecule has 0 saturated heterocycles. The second kappa shape index (κ2) is 18.7. The molecule has 15 heteroatoms. The molecular weight excluding hydrogens is 626 g/mol. The monoisotopic (exact) mass is 679 g/mol. The maximum Gasteiger partial charge on any atom is 0.408 e. The van der Waals surface area contributed by atoms with E-state index in [9.17, 15) is 28.8 Å². The summed E-state index contributed by atoms with van der Waals surface area (Å²) in [5.74, 6) is -2.76. The number of ether oxygens (including phenoxy) is 3. The van der Waals surface area contributed by atoms with Crippen LogP contribution < -0.4 is 31.3 Å². The molecule has 0 aliphatic heterocycles. The van der Waals surface area contributed by atoms with Gasteiger partial charge in [-0.05, 0) is 99.3 Å². The number of carbonyl (C=O) groups excluding carboxylic acids is 5. The molecule has 0 aromatic heterocycles. The standard InChI is InChI=1S/C33H53N5O10/c1-31(2,3)46-22-15-13-21(14-16-22)18-24(28(43)36-20-26(40)41)37-25(39)19-35-27(42)23(38-30(45)48-33(7,8)9)12-10-11-17-34-29(44)47-32(4,5)6/h13-16,23-24H,10-12,17-20H2,1-9H3,(H,34,44)(H,35,42)(H,36,43)(H,37,39)(H,38,45)(H,40,41)/t23-,24-/m0/s1. The third-order valence-electron chi connectivity index (χ3n) is 5.87. The highest BCUT2D eigenvalue weighted by Crippen LogP contribution is 2.19. The van der Waals surface area contributed by atoms with Gasteiger partial charge in [0.2, 0.25) is 17.7 Å². The lowest BCUT2D eigenvalue weighted by atomic mass is 10.0. The minimum Gasteiger partial charge on any atom is -0.488 e. The van der Waals surface area contributed by atoms with E-state index in [1.165, 1.54) is 0 Å². The van der Waals surface area contributed by atoms with Crippen LogP contribution in [0.2, 0.25) is 0 Å². The number of benzene rings is 1. The minimum atomic E-state index is -1.26. The van der Waals surface area contributed by atoms with Crippen molar-refractivity contribution in [3.8, 4) is 5.75 Å². The molecule has 1 aromatic rings. The smallest absolute Gasteiger partial charge is 0.408 e. The third kappa shape index (κ3) is 19.8. The molecule has 270 valence electrons. The van der Waals surface area contributed by atoms with Crippen LogP contribution in [0, 0.1) is 0 Å². The van der Waals surface area contributed by atoms with E-state index in [2.05, 4.69) is 26.6 Å². The van der Waals surface area contributed by atoms with Crippen LogP contribution in [0.5, 0.6) is 5.75 Å². The van der Waals surface area contributed by atoms with Crippen LogP contribution in [0.4, 0.5) is 9.59 Å². The second-order valence-electron chi connectivity index (χ2n) is 14.1. The van der Waals surface area contributed by atoms with Crippen molar-refractivity contribution in [2.45, 2.75) is 117 Å². The van der Waals surface area contributed by atoms with Crippen molar-refractivity contribution < 1.29 is 48.1 Å². The quantitative estimate of drug-likeness (QED) is 0.141. The van der Waals surface area contributed by atoms with Crippen LogP contribution >= 0.6 is 0 Å². The van der Waals surface area contributed by atoms with E-state index in [0.29, 0.717) is 24.2 Å². The molecule has 0 aliphatic carbocycles. The summed E-state index contributed by atoms with van der Waals surface area (Å²) in [5, 5.41) is 21.4. The van der Waals surface area contributed by atoms with E-state index in [1.54, 1.807) is 65.8 Å². The summed E-state index contributed by atoms with van der Waals surface area (Å²) in [7, 11) is 0. The van der Waals surface area contributed by atoms with Gasteiger partial charge in [0.1, 0.15) is 41.2 Å². The van der Waals surface area contributed by atoms with Crippen LogP contribution in [-0.4, -0.2) is 89.5 Å². The molecule has 0 saturated carbocycles. The molecule has 0 spiro atoms. The summed E-state index contributed by atoms with van der Waals surface area (Å²) in [4.78, 5) is 74.1. The lowest BCUT2D eigenvalue weighted by Crippen LogP contribution is -2.53. The molecule has 48 heavy (non-hydrogen) atoms. The lowest BCUT2D eigenvalue weighted by molar-refractivity contribution is -0.138. The molecule has 0 radical (unpaired) electrons. The highest BCUT2D eigenvalue weighted by molar-refractivity contribution is 5.92. The fraction of sp³-hybridized carbons (Fsp3) is 0.636. The number of carboxylic acids is 1. The molecule has 5 amide bonds. The molecule has 0 heterocycles. The minimum absolute atomic E-state index is 0.0289. The lowest BCUT2D eigenvalue weighted by Gasteiger charge is -2.24. The van der Waals surface area contributed by atoms with E-state index < -0.39 is 77.9 Å². The Morgan fingerprint density at radius 3 is 1.75 bits per heavy atom. The molecule has 0 unspecified atom stereocenters. The molecule has 0 bridgehead atoms. The van der Waals surface area contributed by atoms with Crippen LogP contribution in [0.3, 0.4) is 0 Å². The Morgan fingerprint density at radius 2 is 1.21 bits per heavy atom. The summed E-state index contributed by atoms with van der Waals surface area (Å²) in [6, 6.07) is 4.67. The number of rotatable bonds is 16. The highest BCUT2D eigenvalue weighted by Gasteiger charge is 2.26. The van der Waals surface area contributed by atoms with Crippen molar-refractivity contribution in [1.82, 2.24) is 26.6 Å². The fourth-order valence-electron chi connectivity index (χ4n) is 4.01. The first kappa shape index (κ1) is 41.5. The fourth-order valence-corrected chi connectivity index (χ4v) is 4.01.